The quantitative estimate of drug-likeness (QED) is 0.417. The highest BCUT2D eigenvalue weighted by atomic mass is 127. The SMILES string of the molecule is [Si]CCCOc1c(I)cccc1I. The van der Waals surface area contributed by atoms with Gasteiger partial charge in [0.05, 0.1) is 13.7 Å². The fourth-order valence-corrected chi connectivity index (χ4v) is 2.83. The van der Waals surface area contributed by atoms with E-state index in [-0.39, 0.29) is 0 Å². The van der Waals surface area contributed by atoms with E-state index in [1.807, 2.05) is 6.07 Å². The summed E-state index contributed by atoms with van der Waals surface area (Å²) >= 11 is 4.59. The zero-order valence-electron chi connectivity index (χ0n) is 7.02. The van der Waals surface area contributed by atoms with Crippen molar-refractivity contribution in [3.05, 3.63) is 25.3 Å². The summed E-state index contributed by atoms with van der Waals surface area (Å²) in [6.45, 7) is 0.777. The lowest BCUT2D eigenvalue weighted by atomic mass is 10.3. The van der Waals surface area contributed by atoms with Crippen molar-refractivity contribution < 1.29 is 4.74 Å². The second-order valence-corrected chi connectivity index (χ2v) is 5.33. The van der Waals surface area contributed by atoms with Gasteiger partial charge in [0.25, 0.3) is 0 Å². The Morgan fingerprint density at radius 2 is 1.85 bits per heavy atom. The second-order valence-electron chi connectivity index (χ2n) is 2.50. The molecule has 0 saturated carbocycles. The molecule has 13 heavy (non-hydrogen) atoms. The van der Waals surface area contributed by atoms with Crippen LogP contribution in [0.15, 0.2) is 18.2 Å². The van der Waals surface area contributed by atoms with E-state index < -0.39 is 0 Å². The lowest BCUT2D eigenvalue weighted by Gasteiger charge is -2.09. The van der Waals surface area contributed by atoms with Crippen LogP contribution < -0.4 is 4.74 Å². The number of para-hydroxylation sites is 1. The van der Waals surface area contributed by atoms with Crippen LogP contribution in [-0.4, -0.2) is 16.8 Å². The van der Waals surface area contributed by atoms with Crippen LogP contribution in [-0.2, 0) is 0 Å². The van der Waals surface area contributed by atoms with E-state index in [2.05, 4.69) is 67.6 Å². The van der Waals surface area contributed by atoms with Crippen LogP contribution in [0.4, 0.5) is 0 Å². The average Bonchev–Trinajstić information content (AvgIpc) is 2.10. The van der Waals surface area contributed by atoms with E-state index in [9.17, 15) is 0 Å². The van der Waals surface area contributed by atoms with Crippen molar-refractivity contribution in [1.82, 2.24) is 0 Å². The van der Waals surface area contributed by atoms with Crippen molar-refractivity contribution in [3.8, 4) is 5.75 Å². The van der Waals surface area contributed by atoms with E-state index in [1.54, 1.807) is 0 Å². The van der Waals surface area contributed by atoms with Crippen molar-refractivity contribution in [3.63, 3.8) is 0 Å². The van der Waals surface area contributed by atoms with E-state index in [4.69, 9.17) is 4.74 Å². The van der Waals surface area contributed by atoms with Crippen LogP contribution in [0.5, 0.6) is 5.75 Å². The van der Waals surface area contributed by atoms with Gasteiger partial charge in [0.2, 0.25) is 0 Å². The molecule has 0 spiro atoms. The average molecular weight is 415 g/mol. The fourth-order valence-electron chi connectivity index (χ4n) is 0.867. The predicted octanol–water partition coefficient (Wildman–Crippen LogP) is 3.25. The Bertz CT molecular complexity index is 258. The highest BCUT2D eigenvalue weighted by molar-refractivity contribution is 14.1. The minimum atomic E-state index is 0.777. The Kier molecular flexibility index (Phi) is 5.64. The maximum Gasteiger partial charge on any atom is 0.145 e. The molecule has 0 unspecified atom stereocenters. The molecule has 0 N–H and O–H groups in total. The first kappa shape index (κ1) is 11.8. The molecule has 0 aliphatic heterocycles. The Morgan fingerprint density at radius 3 is 2.38 bits per heavy atom. The van der Waals surface area contributed by atoms with Crippen molar-refractivity contribution in [1.29, 1.82) is 0 Å². The number of halogens is 2. The first-order valence-corrected chi connectivity index (χ1v) is 6.83. The molecule has 4 heteroatoms. The molecule has 0 amide bonds. The molecule has 0 bridgehead atoms. The number of hydrogen-bond acceptors (Lipinski definition) is 1. The number of ether oxygens (including phenoxy) is 1. The fraction of sp³-hybridized carbons (Fsp3) is 0.333. The molecule has 0 fully saturated rings. The minimum absolute atomic E-state index is 0.777. The largest absolute Gasteiger partial charge is 0.491 e. The summed E-state index contributed by atoms with van der Waals surface area (Å²) in [5.74, 6) is 1.02. The van der Waals surface area contributed by atoms with Gasteiger partial charge in [-0.25, -0.2) is 0 Å². The number of hydrogen-bond donors (Lipinski definition) is 0. The highest BCUT2D eigenvalue weighted by Crippen LogP contribution is 2.26. The summed E-state index contributed by atoms with van der Waals surface area (Å²) in [4.78, 5) is 0. The van der Waals surface area contributed by atoms with Crippen molar-refractivity contribution in [2.75, 3.05) is 6.61 Å². The first-order chi connectivity index (χ1) is 6.25. The van der Waals surface area contributed by atoms with Gasteiger partial charge in [-0.15, -0.1) is 0 Å². The van der Waals surface area contributed by atoms with Gasteiger partial charge >= 0.3 is 0 Å². The Balaban J connectivity index is 2.64. The van der Waals surface area contributed by atoms with Crippen LogP contribution in [0.1, 0.15) is 6.42 Å². The van der Waals surface area contributed by atoms with Crippen LogP contribution in [0, 0.1) is 7.14 Å². The third-order valence-corrected chi connectivity index (χ3v) is 3.54. The molecule has 1 aromatic carbocycles. The van der Waals surface area contributed by atoms with E-state index in [0.29, 0.717) is 0 Å². The lowest BCUT2D eigenvalue weighted by Crippen LogP contribution is -2.00. The molecule has 0 atom stereocenters. The maximum atomic E-state index is 5.66. The Hall–Kier alpha value is 0.697. The summed E-state index contributed by atoms with van der Waals surface area (Å²) in [5.41, 5.74) is 0. The van der Waals surface area contributed by atoms with Crippen LogP contribution in [0.3, 0.4) is 0 Å². The van der Waals surface area contributed by atoms with E-state index in [1.165, 1.54) is 7.14 Å². The van der Waals surface area contributed by atoms with Crippen LogP contribution in [0.2, 0.25) is 6.04 Å². The Morgan fingerprint density at radius 1 is 1.23 bits per heavy atom. The van der Waals surface area contributed by atoms with Gasteiger partial charge in [-0.3, -0.25) is 0 Å². The van der Waals surface area contributed by atoms with Crippen LogP contribution in [0.25, 0.3) is 0 Å². The summed E-state index contributed by atoms with van der Waals surface area (Å²) in [5, 5.41) is 0. The molecule has 3 radical (unpaired) electrons. The summed E-state index contributed by atoms with van der Waals surface area (Å²) < 4.78 is 8.02. The Labute approximate surface area is 109 Å². The van der Waals surface area contributed by atoms with E-state index in [0.717, 1.165) is 24.8 Å². The van der Waals surface area contributed by atoms with Gasteiger partial charge in [0.15, 0.2) is 0 Å². The second kappa shape index (κ2) is 6.23. The number of benzene rings is 1. The van der Waals surface area contributed by atoms with E-state index >= 15 is 0 Å². The number of rotatable bonds is 4. The topological polar surface area (TPSA) is 9.23 Å². The van der Waals surface area contributed by atoms with Gasteiger partial charge in [0, 0.05) is 10.2 Å². The van der Waals surface area contributed by atoms with Gasteiger partial charge in [-0.2, -0.15) is 0 Å². The molecular formula is C9H9I2OSi. The molecular weight excluding hydrogens is 406 g/mol. The van der Waals surface area contributed by atoms with Gasteiger partial charge < -0.3 is 4.74 Å². The zero-order valence-corrected chi connectivity index (χ0v) is 12.3. The smallest absolute Gasteiger partial charge is 0.145 e. The highest BCUT2D eigenvalue weighted by Gasteiger charge is 2.04. The molecule has 0 aliphatic rings. The van der Waals surface area contributed by atoms with Crippen molar-refractivity contribution >= 4 is 55.4 Å². The van der Waals surface area contributed by atoms with Gasteiger partial charge in [-0.1, -0.05) is 12.1 Å². The molecule has 1 aromatic rings. The molecule has 0 heterocycles. The van der Waals surface area contributed by atoms with Crippen LogP contribution >= 0.6 is 45.2 Å². The standard InChI is InChI=1S/C9H9I2OSi/c10-7-3-1-4-8(11)9(7)12-5-2-6-13/h1,3-4H,2,5-6H2. The molecule has 69 valence electrons. The monoisotopic (exact) mass is 415 g/mol. The van der Waals surface area contributed by atoms with Crippen molar-refractivity contribution in [2.24, 2.45) is 0 Å². The third-order valence-electron chi connectivity index (χ3n) is 1.49. The molecule has 1 rings (SSSR count). The molecule has 0 saturated heterocycles. The summed E-state index contributed by atoms with van der Waals surface area (Å²) in [6.07, 6.45) is 1.04. The minimum Gasteiger partial charge on any atom is -0.491 e. The normalized spacial score (nSPS) is 10.1. The van der Waals surface area contributed by atoms with Crippen molar-refractivity contribution in [2.45, 2.75) is 12.5 Å². The van der Waals surface area contributed by atoms with Gasteiger partial charge in [0.1, 0.15) is 5.75 Å². The maximum absolute atomic E-state index is 5.66. The summed E-state index contributed by atoms with van der Waals surface area (Å²) in [7, 11) is 3.42. The third kappa shape index (κ3) is 3.74. The predicted molar refractivity (Wildman–Crippen MR) is 72.5 cm³/mol. The van der Waals surface area contributed by atoms with Gasteiger partial charge in [-0.05, 0) is 63.7 Å². The first-order valence-electron chi connectivity index (χ1n) is 3.97. The molecule has 1 nitrogen and oxygen atoms in total. The lowest BCUT2D eigenvalue weighted by molar-refractivity contribution is 0.313. The molecule has 0 aliphatic carbocycles. The zero-order chi connectivity index (χ0) is 9.68. The molecule has 0 aromatic heterocycles. The summed E-state index contributed by atoms with van der Waals surface area (Å²) in [6, 6.07) is 7.15.